The Kier molecular flexibility index (Phi) is 3.42. The maximum Gasteiger partial charge on any atom is 0.253 e. The first-order chi connectivity index (χ1) is 9.58. The fraction of sp³-hybridized carbons (Fsp3) is 0.562. The van der Waals surface area contributed by atoms with E-state index in [1.807, 2.05) is 4.90 Å². The summed E-state index contributed by atoms with van der Waals surface area (Å²) in [7, 11) is 0. The Bertz CT molecular complexity index is 500. The van der Waals surface area contributed by atoms with Crippen molar-refractivity contribution < 1.29 is 9.90 Å². The van der Waals surface area contributed by atoms with Crippen molar-refractivity contribution in [2.45, 2.75) is 37.7 Å². The zero-order chi connectivity index (χ0) is 14.2. The topological polar surface area (TPSA) is 66.6 Å². The van der Waals surface area contributed by atoms with Gasteiger partial charge in [-0.1, -0.05) is 12.8 Å². The Morgan fingerprint density at radius 1 is 1.25 bits per heavy atom. The number of aliphatic hydroxyl groups is 1. The minimum absolute atomic E-state index is 0.0534. The Labute approximate surface area is 119 Å². The van der Waals surface area contributed by atoms with Crippen LogP contribution in [0.1, 0.15) is 42.5 Å². The van der Waals surface area contributed by atoms with E-state index in [0.717, 1.165) is 25.7 Å². The SMILES string of the molecule is Nc1ccc(C(=O)N2CCC3(O)CCCCC3C2)cc1. The zero-order valence-corrected chi connectivity index (χ0v) is 11.7. The fourth-order valence-electron chi connectivity index (χ4n) is 3.56. The molecule has 3 rings (SSSR count). The van der Waals surface area contributed by atoms with Crippen molar-refractivity contribution in [3.63, 3.8) is 0 Å². The van der Waals surface area contributed by atoms with Crippen molar-refractivity contribution in [1.82, 2.24) is 4.90 Å². The minimum atomic E-state index is -0.532. The molecule has 3 N–H and O–H groups in total. The van der Waals surface area contributed by atoms with Gasteiger partial charge in [-0.15, -0.1) is 0 Å². The summed E-state index contributed by atoms with van der Waals surface area (Å²) in [5, 5.41) is 10.6. The van der Waals surface area contributed by atoms with Crippen LogP contribution in [0.5, 0.6) is 0 Å². The monoisotopic (exact) mass is 274 g/mol. The first-order valence-corrected chi connectivity index (χ1v) is 7.46. The van der Waals surface area contributed by atoms with E-state index in [4.69, 9.17) is 5.73 Å². The van der Waals surface area contributed by atoms with Crippen molar-refractivity contribution in [3.8, 4) is 0 Å². The molecule has 2 unspecified atom stereocenters. The lowest BCUT2D eigenvalue weighted by Crippen LogP contribution is -2.54. The second-order valence-corrected chi connectivity index (χ2v) is 6.17. The molecule has 1 saturated carbocycles. The molecule has 20 heavy (non-hydrogen) atoms. The van der Waals surface area contributed by atoms with E-state index in [1.54, 1.807) is 24.3 Å². The first-order valence-electron chi connectivity index (χ1n) is 7.46. The molecule has 2 fully saturated rings. The third-order valence-corrected chi connectivity index (χ3v) is 4.87. The van der Waals surface area contributed by atoms with Crippen molar-refractivity contribution in [1.29, 1.82) is 0 Å². The van der Waals surface area contributed by atoms with Crippen LogP contribution in [-0.2, 0) is 0 Å². The van der Waals surface area contributed by atoms with Crippen LogP contribution in [0.2, 0.25) is 0 Å². The van der Waals surface area contributed by atoms with E-state index in [2.05, 4.69) is 0 Å². The molecule has 0 bridgehead atoms. The van der Waals surface area contributed by atoms with Crippen LogP contribution in [0.15, 0.2) is 24.3 Å². The number of amides is 1. The summed E-state index contributed by atoms with van der Waals surface area (Å²) in [4.78, 5) is 14.4. The highest BCUT2D eigenvalue weighted by Crippen LogP contribution is 2.40. The highest BCUT2D eigenvalue weighted by molar-refractivity contribution is 5.94. The predicted molar refractivity (Wildman–Crippen MR) is 78.3 cm³/mol. The molecule has 108 valence electrons. The standard InChI is InChI=1S/C16H22N2O2/c17-14-6-4-12(5-7-14)15(19)18-10-9-16(20)8-2-1-3-13(16)11-18/h4-7,13,20H,1-3,8-11,17H2. The zero-order valence-electron chi connectivity index (χ0n) is 11.7. The molecule has 4 nitrogen and oxygen atoms in total. The van der Waals surface area contributed by atoms with Gasteiger partial charge in [0.1, 0.15) is 0 Å². The number of benzene rings is 1. The lowest BCUT2D eigenvalue weighted by Gasteiger charge is -2.47. The number of rotatable bonds is 1. The van der Waals surface area contributed by atoms with Crippen molar-refractivity contribution in [2.75, 3.05) is 18.8 Å². The average molecular weight is 274 g/mol. The molecule has 1 aliphatic carbocycles. The van der Waals surface area contributed by atoms with E-state index in [9.17, 15) is 9.90 Å². The van der Waals surface area contributed by atoms with E-state index in [0.29, 0.717) is 30.8 Å². The third kappa shape index (κ3) is 2.40. The summed E-state index contributed by atoms with van der Waals surface area (Å²) in [5.41, 5.74) is 6.47. The Morgan fingerprint density at radius 2 is 2.00 bits per heavy atom. The van der Waals surface area contributed by atoms with Crippen LogP contribution in [0, 0.1) is 5.92 Å². The summed E-state index contributed by atoms with van der Waals surface area (Å²) >= 11 is 0. The summed E-state index contributed by atoms with van der Waals surface area (Å²) in [5.74, 6) is 0.292. The molecule has 0 spiro atoms. The Hall–Kier alpha value is -1.55. The lowest BCUT2D eigenvalue weighted by atomic mass is 9.71. The van der Waals surface area contributed by atoms with Gasteiger partial charge in [-0.05, 0) is 43.5 Å². The molecule has 0 aromatic heterocycles. The number of likely N-dealkylation sites (tertiary alicyclic amines) is 1. The highest BCUT2D eigenvalue weighted by Gasteiger charge is 2.43. The van der Waals surface area contributed by atoms with Crippen molar-refractivity contribution >= 4 is 11.6 Å². The van der Waals surface area contributed by atoms with Gasteiger partial charge in [0.05, 0.1) is 5.60 Å². The van der Waals surface area contributed by atoms with Gasteiger partial charge in [0.2, 0.25) is 0 Å². The maximum absolute atomic E-state index is 12.5. The number of anilines is 1. The van der Waals surface area contributed by atoms with Gasteiger partial charge in [0, 0.05) is 30.3 Å². The van der Waals surface area contributed by atoms with Gasteiger partial charge >= 0.3 is 0 Å². The van der Waals surface area contributed by atoms with E-state index in [-0.39, 0.29) is 11.8 Å². The van der Waals surface area contributed by atoms with Crippen molar-refractivity contribution in [3.05, 3.63) is 29.8 Å². The van der Waals surface area contributed by atoms with E-state index in [1.165, 1.54) is 0 Å². The van der Waals surface area contributed by atoms with Crippen LogP contribution in [0.4, 0.5) is 5.69 Å². The molecule has 1 amide bonds. The maximum atomic E-state index is 12.5. The number of hydrogen-bond donors (Lipinski definition) is 2. The van der Waals surface area contributed by atoms with Crippen LogP contribution in [0.25, 0.3) is 0 Å². The second kappa shape index (κ2) is 5.09. The number of nitrogens with zero attached hydrogens (tertiary/aromatic N) is 1. The summed E-state index contributed by atoms with van der Waals surface area (Å²) in [6, 6.07) is 7.07. The van der Waals surface area contributed by atoms with E-state index >= 15 is 0 Å². The van der Waals surface area contributed by atoms with Gasteiger partial charge in [0.15, 0.2) is 0 Å². The summed E-state index contributed by atoms with van der Waals surface area (Å²) in [6.07, 6.45) is 4.90. The molecular formula is C16H22N2O2. The molecule has 1 aliphatic heterocycles. The van der Waals surface area contributed by atoms with Gasteiger partial charge in [-0.2, -0.15) is 0 Å². The first kappa shape index (κ1) is 13.4. The number of nitrogen functional groups attached to an aromatic ring is 1. The molecule has 1 heterocycles. The van der Waals surface area contributed by atoms with Crippen LogP contribution < -0.4 is 5.73 Å². The van der Waals surface area contributed by atoms with E-state index < -0.39 is 5.60 Å². The van der Waals surface area contributed by atoms with Gasteiger partial charge in [-0.25, -0.2) is 0 Å². The van der Waals surface area contributed by atoms with Gasteiger partial charge in [-0.3, -0.25) is 4.79 Å². The molecular weight excluding hydrogens is 252 g/mol. The summed E-state index contributed by atoms with van der Waals surface area (Å²) < 4.78 is 0. The smallest absolute Gasteiger partial charge is 0.253 e. The minimum Gasteiger partial charge on any atom is -0.399 e. The molecule has 4 heteroatoms. The third-order valence-electron chi connectivity index (χ3n) is 4.87. The van der Waals surface area contributed by atoms with Gasteiger partial charge in [0.25, 0.3) is 5.91 Å². The number of nitrogens with two attached hydrogens (primary N) is 1. The number of fused-ring (bicyclic) bond motifs is 1. The number of carbonyl (C=O) groups excluding carboxylic acids is 1. The number of hydrogen-bond acceptors (Lipinski definition) is 3. The lowest BCUT2D eigenvalue weighted by molar-refractivity contribution is -0.0886. The predicted octanol–water partition coefficient (Wildman–Crippen LogP) is 2.04. The Morgan fingerprint density at radius 3 is 2.75 bits per heavy atom. The fourth-order valence-corrected chi connectivity index (χ4v) is 3.56. The highest BCUT2D eigenvalue weighted by atomic mass is 16.3. The molecule has 1 aromatic rings. The number of carbonyl (C=O) groups is 1. The largest absolute Gasteiger partial charge is 0.399 e. The Balaban J connectivity index is 1.72. The quantitative estimate of drug-likeness (QED) is 0.770. The van der Waals surface area contributed by atoms with Crippen LogP contribution >= 0.6 is 0 Å². The number of piperidine rings is 1. The normalized spacial score (nSPS) is 29.9. The van der Waals surface area contributed by atoms with Crippen molar-refractivity contribution in [2.24, 2.45) is 5.92 Å². The molecule has 1 saturated heterocycles. The second-order valence-electron chi connectivity index (χ2n) is 6.17. The molecule has 0 radical (unpaired) electrons. The van der Waals surface area contributed by atoms with Crippen LogP contribution in [0.3, 0.4) is 0 Å². The summed E-state index contributed by atoms with van der Waals surface area (Å²) in [6.45, 7) is 1.33. The van der Waals surface area contributed by atoms with Crippen LogP contribution in [-0.4, -0.2) is 34.6 Å². The molecule has 2 atom stereocenters. The molecule has 2 aliphatic rings. The molecule has 1 aromatic carbocycles. The van der Waals surface area contributed by atoms with Gasteiger partial charge < -0.3 is 15.7 Å². The average Bonchev–Trinajstić information content (AvgIpc) is 2.46.